The number of nitrogens with one attached hydrogen (secondary N) is 1. The van der Waals surface area contributed by atoms with E-state index in [-0.39, 0.29) is 35.5 Å². The summed E-state index contributed by atoms with van der Waals surface area (Å²) in [6, 6.07) is 8.37. The van der Waals surface area contributed by atoms with Crippen LogP contribution in [0, 0.1) is 0 Å². The van der Waals surface area contributed by atoms with E-state index in [0.717, 1.165) is 17.0 Å². The van der Waals surface area contributed by atoms with Crippen LogP contribution in [0.1, 0.15) is 39.9 Å². The zero-order chi connectivity index (χ0) is 26.6. The molecular weight excluding hydrogens is 487 g/mol. The van der Waals surface area contributed by atoms with Crippen LogP contribution < -0.4 is 5.32 Å². The van der Waals surface area contributed by atoms with Gasteiger partial charge >= 0.3 is 5.92 Å². The first-order valence-corrected chi connectivity index (χ1v) is 11.0. The van der Waals surface area contributed by atoms with Crippen LogP contribution in [-0.2, 0) is 32.2 Å². The summed E-state index contributed by atoms with van der Waals surface area (Å²) in [5, 5.41) is -0.115. The lowest BCUT2D eigenvalue weighted by molar-refractivity contribution is -0.148. The molecule has 1 atom stereocenters. The van der Waals surface area contributed by atoms with Crippen molar-refractivity contribution in [3.63, 3.8) is 0 Å². The average molecular weight is 501 g/mol. The molecule has 36 heavy (non-hydrogen) atoms. The van der Waals surface area contributed by atoms with Crippen LogP contribution in [0.5, 0.6) is 0 Å². The van der Waals surface area contributed by atoms with Crippen molar-refractivity contribution in [3.8, 4) is 0 Å². The van der Waals surface area contributed by atoms with Gasteiger partial charge in [-0.1, -0.05) is 35.9 Å². The van der Waals surface area contributed by atoms with Crippen LogP contribution in [0.3, 0.4) is 0 Å². The predicted octanol–water partition coefficient (Wildman–Crippen LogP) is 0.749. The number of fused-ring (bicyclic) bond motifs is 1. The topological polar surface area (TPSA) is 86.8 Å². The van der Waals surface area contributed by atoms with Gasteiger partial charge in [-0.25, -0.2) is 0 Å². The van der Waals surface area contributed by atoms with Crippen molar-refractivity contribution in [1.29, 1.82) is 0 Å². The highest BCUT2D eigenvalue weighted by Gasteiger charge is 2.50. The maximum absolute atomic E-state index is 14.7. The van der Waals surface area contributed by atoms with Crippen molar-refractivity contribution >= 4 is 66.7 Å². The number of halogens is 3. The summed E-state index contributed by atoms with van der Waals surface area (Å²) >= 11 is 5.71. The Morgan fingerprint density at radius 1 is 1.06 bits per heavy atom. The maximum atomic E-state index is 14.7. The van der Waals surface area contributed by atoms with Gasteiger partial charge in [0.05, 0.1) is 21.1 Å². The number of alkyl halides is 2. The quantitative estimate of drug-likeness (QED) is 0.485. The van der Waals surface area contributed by atoms with Crippen LogP contribution in [0.2, 0.25) is 5.02 Å². The smallest absolute Gasteiger partial charge is 0.349 e. The molecule has 14 heteroatoms. The summed E-state index contributed by atoms with van der Waals surface area (Å²) in [6.07, 6.45) is -0.287. The van der Waals surface area contributed by atoms with Crippen LogP contribution >= 0.6 is 11.6 Å². The highest BCUT2D eigenvalue weighted by atomic mass is 35.5. The van der Waals surface area contributed by atoms with Gasteiger partial charge < -0.3 is 15.0 Å². The summed E-state index contributed by atoms with van der Waals surface area (Å²) in [7, 11) is 23.7. The van der Waals surface area contributed by atoms with Crippen molar-refractivity contribution in [1.82, 2.24) is 15.0 Å². The Morgan fingerprint density at radius 2 is 1.67 bits per heavy atom. The number of imide groups is 1. The van der Waals surface area contributed by atoms with Crippen molar-refractivity contribution < 1.29 is 28.0 Å². The molecule has 0 saturated carbocycles. The van der Waals surface area contributed by atoms with Crippen LogP contribution in [0.4, 0.5) is 8.78 Å². The number of amides is 4. The molecule has 0 aliphatic carbocycles. The standard InChI is InChI=1S/C22H14B4ClF2N3O4/c23-20(8-7-16(33)32(26)19(20)36)31-10-11-9-13(3-6-15(11)17(31)34)22(24,25)30-18(35)21(28,29)12-1-4-14(27)5-2-12/h1-6,9H,7-8,10H2,(H,30,35)/t20-/m1/s1. The van der Waals surface area contributed by atoms with E-state index in [1.807, 2.05) is 5.32 Å². The lowest BCUT2D eigenvalue weighted by atomic mass is 9.57. The first-order chi connectivity index (χ1) is 16.7. The zero-order valence-corrected chi connectivity index (χ0v) is 19.4. The first kappa shape index (κ1) is 26.0. The van der Waals surface area contributed by atoms with E-state index < -0.39 is 45.9 Å². The number of piperidine rings is 1. The fourth-order valence-corrected chi connectivity index (χ4v) is 4.25. The van der Waals surface area contributed by atoms with Gasteiger partial charge in [-0.3, -0.25) is 19.2 Å². The second-order valence-electron chi connectivity index (χ2n) is 8.66. The molecule has 0 unspecified atom stereocenters. The third-order valence-corrected chi connectivity index (χ3v) is 6.51. The molecule has 1 N–H and O–H groups in total. The Kier molecular flexibility index (Phi) is 6.35. The molecule has 2 aliphatic heterocycles. The number of carbonyl (C=O) groups is 4. The zero-order valence-electron chi connectivity index (χ0n) is 18.6. The average Bonchev–Trinajstić information content (AvgIpc) is 3.17. The summed E-state index contributed by atoms with van der Waals surface area (Å²) < 4.78 is 29.4. The van der Waals surface area contributed by atoms with Gasteiger partial charge in [0.1, 0.15) is 7.85 Å². The van der Waals surface area contributed by atoms with Gasteiger partial charge in [-0.15, -0.1) is 0 Å². The highest BCUT2D eigenvalue weighted by molar-refractivity contribution is 6.41. The Labute approximate surface area is 215 Å². The molecule has 4 rings (SSSR count). The monoisotopic (exact) mass is 501 g/mol. The minimum atomic E-state index is -3.98. The number of hydrogen-bond donors (Lipinski definition) is 1. The van der Waals surface area contributed by atoms with Crippen molar-refractivity contribution in [2.45, 2.75) is 36.1 Å². The van der Waals surface area contributed by atoms with Gasteiger partial charge in [0, 0.05) is 29.1 Å². The molecule has 7 nitrogen and oxygen atoms in total. The first-order valence-electron chi connectivity index (χ1n) is 10.6. The largest absolute Gasteiger partial charge is 0.358 e. The number of rotatable bonds is 5. The normalized spacial score (nSPS) is 20.5. The predicted molar refractivity (Wildman–Crippen MR) is 128 cm³/mol. The summed E-state index contributed by atoms with van der Waals surface area (Å²) in [6.45, 7) is -0.169. The van der Waals surface area contributed by atoms with Gasteiger partial charge in [0.25, 0.3) is 11.8 Å². The molecule has 174 valence electrons. The minimum Gasteiger partial charge on any atom is -0.358 e. The molecule has 2 aromatic carbocycles. The summed E-state index contributed by atoms with van der Waals surface area (Å²) in [4.78, 5) is 51.2. The number of benzene rings is 2. The van der Waals surface area contributed by atoms with Crippen LogP contribution in [0.15, 0.2) is 42.5 Å². The van der Waals surface area contributed by atoms with E-state index in [0.29, 0.717) is 10.4 Å². The SMILES string of the molecule is [B]N1C(=O)CC[C@@]([B])(N2Cc3cc(C([B])([B])NC(=O)C(F)(F)c4ccc(Cl)cc4)ccc3C2=O)C1=O. The molecule has 2 aliphatic rings. The van der Waals surface area contributed by atoms with E-state index in [4.69, 9.17) is 43.1 Å². The van der Waals surface area contributed by atoms with Gasteiger partial charge in [0.15, 0.2) is 0 Å². The molecule has 8 radical (unpaired) electrons. The lowest BCUT2D eigenvalue weighted by Gasteiger charge is -2.43. The third kappa shape index (κ3) is 4.23. The second-order valence-corrected chi connectivity index (χ2v) is 9.10. The molecule has 1 fully saturated rings. The van der Waals surface area contributed by atoms with Crippen molar-refractivity contribution in [3.05, 3.63) is 69.7 Å². The fraction of sp³-hybridized carbons (Fsp3) is 0.273. The van der Waals surface area contributed by atoms with Crippen LogP contribution in [-0.4, -0.2) is 70.3 Å². The van der Waals surface area contributed by atoms with Crippen molar-refractivity contribution in [2.75, 3.05) is 0 Å². The number of nitrogens with zero attached hydrogens (tertiary/aromatic N) is 2. The molecule has 1 saturated heterocycles. The summed E-state index contributed by atoms with van der Waals surface area (Å²) in [5.41, 5.74) is -1.99. The highest BCUT2D eigenvalue weighted by Crippen LogP contribution is 2.36. The van der Waals surface area contributed by atoms with E-state index >= 15 is 0 Å². The minimum absolute atomic E-state index is 0.00725. The molecule has 2 heterocycles. The molecule has 2 aromatic rings. The lowest BCUT2D eigenvalue weighted by Crippen LogP contribution is -2.64. The molecule has 0 spiro atoms. The Morgan fingerprint density at radius 3 is 2.31 bits per heavy atom. The molecular formula is C22H14B4ClF2N3O4. The van der Waals surface area contributed by atoms with Crippen LogP contribution in [0.25, 0.3) is 0 Å². The van der Waals surface area contributed by atoms with E-state index in [1.54, 1.807) is 0 Å². The van der Waals surface area contributed by atoms with E-state index in [9.17, 15) is 28.0 Å². The molecule has 4 amide bonds. The van der Waals surface area contributed by atoms with E-state index in [1.165, 1.54) is 30.3 Å². The van der Waals surface area contributed by atoms with Crippen molar-refractivity contribution in [2.24, 2.45) is 0 Å². The van der Waals surface area contributed by atoms with Gasteiger partial charge in [-0.2, -0.15) is 8.78 Å². The van der Waals surface area contributed by atoms with Gasteiger partial charge in [-0.05, 0) is 41.1 Å². The third-order valence-electron chi connectivity index (χ3n) is 6.26. The fourth-order valence-electron chi connectivity index (χ4n) is 4.13. The Balaban J connectivity index is 1.57. The molecule has 0 aromatic heterocycles. The summed E-state index contributed by atoms with van der Waals surface area (Å²) in [5.74, 6) is -7.90. The number of carbonyl (C=O) groups excluding carboxylic acids is 4. The maximum Gasteiger partial charge on any atom is 0.349 e. The number of hydrogen-bond acceptors (Lipinski definition) is 4. The Hall–Kier alpha value is -3.07. The second kappa shape index (κ2) is 8.80. The van der Waals surface area contributed by atoms with Gasteiger partial charge in [0.2, 0.25) is 19.8 Å². The molecule has 0 bridgehead atoms. The Bertz CT molecular complexity index is 1290. The van der Waals surface area contributed by atoms with E-state index in [2.05, 4.69) is 0 Å².